The molecular weight excluding hydrogens is 264 g/mol. The molecule has 1 aromatic heterocycles. The summed E-state index contributed by atoms with van der Waals surface area (Å²) in [7, 11) is 0. The Balaban J connectivity index is 2.30. The molecule has 0 aliphatic rings. The van der Waals surface area contributed by atoms with Crippen LogP contribution in [0.5, 0.6) is 0 Å². The van der Waals surface area contributed by atoms with Gasteiger partial charge in [-0.25, -0.2) is 4.79 Å². The fourth-order valence-corrected chi connectivity index (χ4v) is 2.62. The number of carbonyl (C=O) groups is 1. The lowest BCUT2D eigenvalue weighted by Gasteiger charge is -2.19. The van der Waals surface area contributed by atoms with Gasteiger partial charge in [0.15, 0.2) is 5.69 Å². The number of hydrogen-bond acceptors (Lipinski definition) is 5. The van der Waals surface area contributed by atoms with Crippen LogP contribution in [0.15, 0.2) is 29.4 Å². The van der Waals surface area contributed by atoms with Gasteiger partial charge in [-0.15, -0.1) is 16.2 Å². The van der Waals surface area contributed by atoms with Crippen molar-refractivity contribution in [2.24, 2.45) is 5.18 Å². The highest BCUT2D eigenvalue weighted by Gasteiger charge is 2.19. The fourth-order valence-electron chi connectivity index (χ4n) is 1.60. The number of carbonyl (C=O) groups excluding carboxylic acids is 1. The van der Waals surface area contributed by atoms with E-state index < -0.39 is 11.7 Å². The van der Waals surface area contributed by atoms with E-state index in [-0.39, 0.29) is 5.69 Å². The van der Waals surface area contributed by atoms with Crippen LogP contribution in [0.1, 0.15) is 20.8 Å². The number of ether oxygens (including phenoxy) is 1. The zero-order chi connectivity index (χ0) is 14.0. The first-order valence-corrected chi connectivity index (χ1v) is 6.57. The SMILES string of the molecule is CC(C)(C)OC(=O)Nc1sc2ccccc2c1N=O. The number of nitrogens with zero attached hydrogens (tertiary/aromatic N) is 1. The van der Waals surface area contributed by atoms with Gasteiger partial charge in [0.25, 0.3) is 0 Å². The molecule has 0 bridgehead atoms. The molecule has 19 heavy (non-hydrogen) atoms. The number of benzene rings is 1. The van der Waals surface area contributed by atoms with E-state index in [2.05, 4.69) is 10.5 Å². The molecule has 5 nitrogen and oxygen atoms in total. The van der Waals surface area contributed by atoms with Crippen LogP contribution in [0.2, 0.25) is 0 Å². The van der Waals surface area contributed by atoms with Crippen molar-refractivity contribution in [3.05, 3.63) is 29.2 Å². The van der Waals surface area contributed by atoms with Gasteiger partial charge in [-0.1, -0.05) is 18.2 Å². The summed E-state index contributed by atoms with van der Waals surface area (Å²) >= 11 is 1.30. The highest BCUT2D eigenvalue weighted by atomic mass is 32.1. The third kappa shape index (κ3) is 3.08. The van der Waals surface area contributed by atoms with Gasteiger partial charge in [0.05, 0.1) is 0 Å². The molecule has 1 aromatic carbocycles. The monoisotopic (exact) mass is 278 g/mol. The quantitative estimate of drug-likeness (QED) is 0.813. The van der Waals surface area contributed by atoms with Crippen LogP contribution in [-0.4, -0.2) is 11.7 Å². The van der Waals surface area contributed by atoms with E-state index in [1.165, 1.54) is 11.3 Å². The van der Waals surface area contributed by atoms with Gasteiger partial charge < -0.3 is 4.74 Å². The van der Waals surface area contributed by atoms with E-state index in [9.17, 15) is 9.70 Å². The zero-order valence-electron chi connectivity index (χ0n) is 10.9. The van der Waals surface area contributed by atoms with E-state index in [1.807, 2.05) is 18.2 Å². The molecule has 0 fully saturated rings. The minimum absolute atomic E-state index is 0.242. The molecule has 0 saturated carbocycles. The van der Waals surface area contributed by atoms with Gasteiger partial charge in [-0.05, 0) is 32.0 Å². The van der Waals surface area contributed by atoms with Crippen molar-refractivity contribution in [2.75, 3.05) is 5.32 Å². The van der Waals surface area contributed by atoms with E-state index >= 15 is 0 Å². The average molecular weight is 278 g/mol. The van der Waals surface area contributed by atoms with Crippen LogP contribution in [0.25, 0.3) is 10.1 Å². The zero-order valence-corrected chi connectivity index (χ0v) is 11.7. The number of nitrogens with one attached hydrogen (secondary N) is 1. The number of anilines is 1. The van der Waals surface area contributed by atoms with Crippen molar-refractivity contribution in [1.82, 2.24) is 0 Å². The number of amides is 1. The summed E-state index contributed by atoms with van der Waals surface area (Å²) in [6, 6.07) is 7.35. The first-order valence-electron chi connectivity index (χ1n) is 5.75. The summed E-state index contributed by atoms with van der Waals surface area (Å²) in [5, 5.41) is 6.71. The van der Waals surface area contributed by atoms with E-state index in [1.54, 1.807) is 26.8 Å². The van der Waals surface area contributed by atoms with Crippen molar-refractivity contribution in [1.29, 1.82) is 0 Å². The molecule has 100 valence electrons. The highest BCUT2D eigenvalue weighted by Crippen LogP contribution is 2.42. The highest BCUT2D eigenvalue weighted by molar-refractivity contribution is 7.23. The predicted octanol–water partition coefficient (Wildman–Crippen LogP) is 4.65. The molecule has 0 aliphatic carbocycles. The molecule has 2 rings (SSSR count). The Morgan fingerprint density at radius 1 is 1.32 bits per heavy atom. The molecule has 0 saturated heterocycles. The number of nitroso groups, excluding NO2 is 1. The summed E-state index contributed by atoms with van der Waals surface area (Å²) in [5.41, 5.74) is -0.346. The summed E-state index contributed by atoms with van der Waals surface area (Å²) < 4.78 is 6.04. The molecule has 1 amide bonds. The van der Waals surface area contributed by atoms with Crippen LogP contribution in [-0.2, 0) is 4.74 Å². The minimum Gasteiger partial charge on any atom is -0.444 e. The number of thiophene rings is 1. The van der Waals surface area contributed by atoms with Gasteiger partial charge >= 0.3 is 6.09 Å². The van der Waals surface area contributed by atoms with Gasteiger partial charge in [-0.2, -0.15) is 0 Å². The van der Waals surface area contributed by atoms with Crippen LogP contribution < -0.4 is 5.32 Å². The third-order valence-electron chi connectivity index (χ3n) is 2.28. The predicted molar refractivity (Wildman–Crippen MR) is 77.1 cm³/mol. The van der Waals surface area contributed by atoms with E-state index in [0.717, 1.165) is 10.1 Å². The van der Waals surface area contributed by atoms with Crippen LogP contribution in [0.3, 0.4) is 0 Å². The maximum atomic E-state index is 11.7. The van der Waals surface area contributed by atoms with Gasteiger partial charge in [-0.3, -0.25) is 5.32 Å². The van der Waals surface area contributed by atoms with Crippen molar-refractivity contribution < 1.29 is 9.53 Å². The van der Waals surface area contributed by atoms with Gasteiger partial charge in [0.1, 0.15) is 10.6 Å². The van der Waals surface area contributed by atoms with Crippen molar-refractivity contribution in [2.45, 2.75) is 26.4 Å². The molecule has 1 heterocycles. The van der Waals surface area contributed by atoms with Gasteiger partial charge in [0.2, 0.25) is 0 Å². The van der Waals surface area contributed by atoms with Crippen molar-refractivity contribution in [3.63, 3.8) is 0 Å². The van der Waals surface area contributed by atoms with E-state index in [4.69, 9.17) is 4.74 Å². The Morgan fingerprint density at radius 2 is 2.00 bits per heavy atom. The van der Waals surface area contributed by atoms with Gasteiger partial charge in [0, 0.05) is 10.1 Å². The number of rotatable bonds is 2. The molecule has 0 unspecified atom stereocenters. The lowest BCUT2D eigenvalue weighted by molar-refractivity contribution is 0.0636. The number of hydrogen-bond donors (Lipinski definition) is 1. The molecular formula is C13H14N2O3S. The second-order valence-corrected chi connectivity index (χ2v) is 6.05. The first kappa shape index (κ1) is 13.5. The van der Waals surface area contributed by atoms with E-state index in [0.29, 0.717) is 5.00 Å². The van der Waals surface area contributed by atoms with Crippen molar-refractivity contribution >= 4 is 38.2 Å². The second kappa shape index (κ2) is 4.97. The molecule has 0 spiro atoms. The van der Waals surface area contributed by atoms with Crippen LogP contribution in [0.4, 0.5) is 15.5 Å². The molecule has 1 N–H and O–H groups in total. The Hall–Kier alpha value is -1.95. The van der Waals surface area contributed by atoms with Crippen LogP contribution >= 0.6 is 11.3 Å². The third-order valence-corrected chi connectivity index (χ3v) is 3.35. The smallest absolute Gasteiger partial charge is 0.412 e. The standard InChI is InChI=1S/C13H14N2O3S/c1-13(2,3)18-12(16)14-11-10(15-17)8-6-4-5-7-9(8)19-11/h4-7H,1-3H3,(H,14,16). The Bertz CT molecular complexity index is 628. The fraction of sp³-hybridized carbons (Fsp3) is 0.308. The molecule has 0 atom stereocenters. The summed E-state index contributed by atoms with van der Waals surface area (Å²) in [6.45, 7) is 5.32. The maximum absolute atomic E-state index is 11.7. The Labute approximate surface area is 114 Å². The lowest BCUT2D eigenvalue weighted by atomic mass is 10.2. The summed E-state index contributed by atoms with van der Waals surface area (Å²) in [5.74, 6) is 0. The first-order chi connectivity index (χ1) is 8.90. The topological polar surface area (TPSA) is 67.8 Å². The van der Waals surface area contributed by atoms with Crippen LogP contribution in [0, 0.1) is 4.91 Å². The summed E-state index contributed by atoms with van der Waals surface area (Å²) in [6.07, 6.45) is -0.594. The second-order valence-electron chi connectivity index (χ2n) is 4.99. The average Bonchev–Trinajstić information content (AvgIpc) is 2.63. The molecule has 2 aromatic rings. The number of fused-ring (bicyclic) bond motifs is 1. The molecule has 6 heteroatoms. The Morgan fingerprint density at radius 3 is 2.63 bits per heavy atom. The normalized spacial score (nSPS) is 11.3. The molecule has 0 radical (unpaired) electrons. The largest absolute Gasteiger partial charge is 0.444 e. The Kier molecular flexibility index (Phi) is 3.53. The lowest BCUT2D eigenvalue weighted by Crippen LogP contribution is -2.26. The maximum Gasteiger partial charge on any atom is 0.412 e. The molecule has 0 aliphatic heterocycles. The summed E-state index contributed by atoms with van der Waals surface area (Å²) in [4.78, 5) is 22.6. The minimum atomic E-state index is -0.594. The van der Waals surface area contributed by atoms with Crippen molar-refractivity contribution in [3.8, 4) is 0 Å².